The lowest BCUT2D eigenvalue weighted by atomic mass is 9.89. The first-order chi connectivity index (χ1) is 8.75. The van der Waals surface area contributed by atoms with Crippen LogP contribution in [-0.2, 0) is 23.8 Å². The topological polar surface area (TPSA) is 61.8 Å². The summed E-state index contributed by atoms with van der Waals surface area (Å²) in [5.74, 6) is -0.666. The van der Waals surface area contributed by atoms with Crippen molar-refractivity contribution < 1.29 is 23.8 Å². The third kappa shape index (κ3) is 3.69. The van der Waals surface area contributed by atoms with E-state index < -0.39 is 11.0 Å². The predicted molar refractivity (Wildman–Crippen MR) is 69.5 cm³/mol. The van der Waals surface area contributed by atoms with E-state index in [1.807, 2.05) is 27.7 Å². The minimum atomic E-state index is -0.706. The van der Waals surface area contributed by atoms with Gasteiger partial charge in [-0.15, -0.1) is 0 Å². The molecule has 0 radical (unpaired) electrons. The second-order valence-electron chi connectivity index (χ2n) is 5.96. The molecule has 19 heavy (non-hydrogen) atoms. The van der Waals surface area contributed by atoms with E-state index in [9.17, 15) is 9.59 Å². The van der Waals surface area contributed by atoms with Crippen LogP contribution in [0.15, 0.2) is 0 Å². The van der Waals surface area contributed by atoms with E-state index in [2.05, 4.69) is 0 Å². The Hall–Kier alpha value is -1.10. The van der Waals surface area contributed by atoms with E-state index in [1.165, 1.54) is 0 Å². The van der Waals surface area contributed by atoms with Crippen LogP contribution in [0.1, 0.15) is 40.5 Å². The predicted octanol–water partition coefficient (Wildman–Crippen LogP) is 1.93. The molecule has 5 heteroatoms. The number of cyclic esters (lactones) is 1. The highest BCUT2D eigenvalue weighted by atomic mass is 16.6. The SMILES string of the molecule is CCC(C)(C)C(=O)OCC1CC(=O)OC1(C)COC. The number of ether oxygens (including phenoxy) is 3. The van der Waals surface area contributed by atoms with Gasteiger partial charge in [0.1, 0.15) is 5.60 Å². The van der Waals surface area contributed by atoms with Gasteiger partial charge < -0.3 is 14.2 Å². The number of rotatable bonds is 6. The largest absolute Gasteiger partial charge is 0.465 e. The zero-order chi connectivity index (χ0) is 14.7. The van der Waals surface area contributed by atoms with E-state index >= 15 is 0 Å². The van der Waals surface area contributed by atoms with E-state index in [0.29, 0.717) is 13.0 Å². The third-order valence-corrected chi connectivity index (χ3v) is 3.91. The first-order valence-corrected chi connectivity index (χ1v) is 6.63. The molecule has 0 aromatic carbocycles. The van der Waals surface area contributed by atoms with Crippen LogP contribution in [0.2, 0.25) is 0 Å². The summed E-state index contributed by atoms with van der Waals surface area (Å²) in [7, 11) is 1.56. The van der Waals surface area contributed by atoms with Crippen LogP contribution in [0.25, 0.3) is 0 Å². The number of methoxy groups -OCH3 is 1. The summed E-state index contributed by atoms with van der Waals surface area (Å²) in [5, 5.41) is 0. The fraction of sp³-hybridized carbons (Fsp3) is 0.857. The molecule has 0 amide bonds. The lowest BCUT2D eigenvalue weighted by Crippen LogP contribution is -2.40. The van der Waals surface area contributed by atoms with Gasteiger partial charge >= 0.3 is 11.9 Å². The van der Waals surface area contributed by atoms with E-state index in [1.54, 1.807) is 7.11 Å². The van der Waals surface area contributed by atoms with Gasteiger partial charge in [0, 0.05) is 13.0 Å². The molecule has 1 saturated heterocycles. The summed E-state index contributed by atoms with van der Waals surface area (Å²) in [5.41, 5.74) is -1.20. The Kier molecular flexibility index (Phi) is 4.96. The normalized spacial score (nSPS) is 27.2. The summed E-state index contributed by atoms with van der Waals surface area (Å²) in [6.07, 6.45) is 0.973. The highest BCUT2D eigenvalue weighted by Gasteiger charge is 2.46. The Labute approximate surface area is 114 Å². The quantitative estimate of drug-likeness (QED) is 0.691. The molecule has 1 fully saturated rings. The average Bonchev–Trinajstić information content (AvgIpc) is 2.61. The Bertz CT molecular complexity index is 350. The van der Waals surface area contributed by atoms with Crippen LogP contribution in [0.4, 0.5) is 0 Å². The number of carbonyl (C=O) groups excluding carboxylic acids is 2. The number of esters is 2. The minimum absolute atomic E-state index is 0.156. The molecule has 0 saturated carbocycles. The summed E-state index contributed by atoms with van der Waals surface area (Å²) < 4.78 is 15.7. The summed E-state index contributed by atoms with van der Waals surface area (Å²) in [4.78, 5) is 23.3. The van der Waals surface area contributed by atoms with Gasteiger partial charge in [-0.25, -0.2) is 0 Å². The van der Waals surface area contributed by atoms with Gasteiger partial charge in [0.05, 0.1) is 25.0 Å². The van der Waals surface area contributed by atoms with Gasteiger partial charge in [0.25, 0.3) is 0 Å². The molecule has 110 valence electrons. The lowest BCUT2D eigenvalue weighted by molar-refractivity contribution is -0.160. The lowest BCUT2D eigenvalue weighted by Gasteiger charge is -2.29. The van der Waals surface area contributed by atoms with Crippen LogP contribution in [0, 0.1) is 11.3 Å². The maximum atomic E-state index is 11.9. The number of hydrogen-bond acceptors (Lipinski definition) is 5. The fourth-order valence-electron chi connectivity index (χ4n) is 1.99. The molecular formula is C14H24O5. The second kappa shape index (κ2) is 5.90. The first kappa shape index (κ1) is 16.0. The Morgan fingerprint density at radius 2 is 2.16 bits per heavy atom. The van der Waals surface area contributed by atoms with Crippen LogP contribution >= 0.6 is 0 Å². The molecular weight excluding hydrogens is 248 g/mol. The Morgan fingerprint density at radius 1 is 1.53 bits per heavy atom. The zero-order valence-corrected chi connectivity index (χ0v) is 12.4. The van der Waals surface area contributed by atoms with Crippen molar-refractivity contribution in [1.29, 1.82) is 0 Å². The first-order valence-electron chi connectivity index (χ1n) is 6.63. The molecule has 1 rings (SSSR count). The number of hydrogen-bond donors (Lipinski definition) is 0. The standard InChI is InChI=1S/C14H24O5/c1-6-13(2,3)12(16)18-8-10-7-11(15)19-14(10,4)9-17-5/h10H,6-9H2,1-5H3. The molecule has 0 spiro atoms. The molecule has 0 aromatic heterocycles. The van der Waals surface area contributed by atoms with Crippen LogP contribution in [0.5, 0.6) is 0 Å². The monoisotopic (exact) mass is 272 g/mol. The maximum absolute atomic E-state index is 11.9. The Morgan fingerprint density at radius 3 is 2.68 bits per heavy atom. The smallest absolute Gasteiger partial charge is 0.311 e. The molecule has 5 nitrogen and oxygen atoms in total. The number of carbonyl (C=O) groups is 2. The molecule has 0 N–H and O–H groups in total. The average molecular weight is 272 g/mol. The van der Waals surface area contributed by atoms with Crippen molar-refractivity contribution in [1.82, 2.24) is 0 Å². The van der Waals surface area contributed by atoms with Crippen molar-refractivity contribution in [3.05, 3.63) is 0 Å². The molecule has 0 aromatic rings. The van der Waals surface area contributed by atoms with Gasteiger partial charge in [0.15, 0.2) is 0 Å². The summed E-state index contributed by atoms with van der Waals surface area (Å²) in [6, 6.07) is 0. The summed E-state index contributed by atoms with van der Waals surface area (Å²) in [6.45, 7) is 7.94. The van der Waals surface area contributed by atoms with E-state index in [4.69, 9.17) is 14.2 Å². The van der Waals surface area contributed by atoms with Crippen molar-refractivity contribution in [2.75, 3.05) is 20.3 Å². The van der Waals surface area contributed by atoms with Gasteiger partial charge in [-0.1, -0.05) is 6.92 Å². The zero-order valence-electron chi connectivity index (χ0n) is 12.4. The van der Waals surface area contributed by atoms with Crippen molar-refractivity contribution in [2.45, 2.75) is 46.1 Å². The van der Waals surface area contributed by atoms with Gasteiger partial charge in [-0.3, -0.25) is 9.59 Å². The molecule has 0 aliphatic carbocycles. The fourth-order valence-corrected chi connectivity index (χ4v) is 1.99. The summed E-state index contributed by atoms with van der Waals surface area (Å²) >= 11 is 0. The highest BCUT2D eigenvalue weighted by molar-refractivity contribution is 5.76. The Balaban J connectivity index is 2.61. The van der Waals surface area contributed by atoms with Crippen molar-refractivity contribution >= 4 is 11.9 Å². The maximum Gasteiger partial charge on any atom is 0.311 e. The molecule has 1 aliphatic heterocycles. The molecule has 2 unspecified atom stereocenters. The highest BCUT2D eigenvalue weighted by Crippen LogP contribution is 2.34. The van der Waals surface area contributed by atoms with Crippen LogP contribution in [-0.4, -0.2) is 37.9 Å². The second-order valence-corrected chi connectivity index (χ2v) is 5.96. The molecule has 0 bridgehead atoms. The molecule has 2 atom stereocenters. The molecule has 1 heterocycles. The van der Waals surface area contributed by atoms with Crippen LogP contribution in [0.3, 0.4) is 0 Å². The van der Waals surface area contributed by atoms with E-state index in [-0.39, 0.29) is 30.9 Å². The van der Waals surface area contributed by atoms with Gasteiger partial charge in [-0.2, -0.15) is 0 Å². The van der Waals surface area contributed by atoms with Crippen LogP contribution < -0.4 is 0 Å². The van der Waals surface area contributed by atoms with Crippen molar-refractivity contribution in [2.24, 2.45) is 11.3 Å². The third-order valence-electron chi connectivity index (χ3n) is 3.91. The van der Waals surface area contributed by atoms with Gasteiger partial charge in [0.2, 0.25) is 0 Å². The van der Waals surface area contributed by atoms with Crippen molar-refractivity contribution in [3.63, 3.8) is 0 Å². The van der Waals surface area contributed by atoms with E-state index in [0.717, 1.165) is 0 Å². The molecule has 1 aliphatic rings. The van der Waals surface area contributed by atoms with Gasteiger partial charge in [-0.05, 0) is 27.2 Å². The minimum Gasteiger partial charge on any atom is -0.465 e. The van der Waals surface area contributed by atoms with Crippen molar-refractivity contribution in [3.8, 4) is 0 Å².